The highest BCUT2D eigenvalue weighted by Crippen LogP contribution is 2.31. The summed E-state index contributed by atoms with van der Waals surface area (Å²) in [6.07, 6.45) is -1.74. The van der Waals surface area contributed by atoms with Gasteiger partial charge in [-0.1, -0.05) is 11.6 Å². The Labute approximate surface area is 83.3 Å². The van der Waals surface area contributed by atoms with E-state index in [9.17, 15) is 13.6 Å². The molecule has 76 valence electrons. The molecule has 0 aromatic carbocycles. The fourth-order valence-corrected chi connectivity index (χ4v) is 1.37. The number of aromatic nitrogens is 1. The van der Waals surface area contributed by atoms with Crippen molar-refractivity contribution >= 4 is 17.6 Å². The lowest BCUT2D eigenvalue weighted by molar-refractivity contribution is 0.0690. The minimum absolute atomic E-state index is 0.176. The van der Waals surface area contributed by atoms with Crippen molar-refractivity contribution in [3.63, 3.8) is 0 Å². The predicted octanol–water partition coefficient (Wildman–Crippen LogP) is 2.68. The smallest absolute Gasteiger partial charge is 0.356 e. The van der Waals surface area contributed by atoms with E-state index in [-0.39, 0.29) is 5.56 Å². The number of hydrogen-bond donors (Lipinski definition) is 1. The number of alkyl halides is 2. The molecule has 0 unspecified atom stereocenters. The SMILES string of the molecule is Cc1cnc(C(=O)O)c(Cl)c1C(F)F. The first-order valence-corrected chi connectivity index (χ1v) is 3.99. The maximum absolute atomic E-state index is 12.4. The number of aryl methyl sites for hydroxylation is 1. The fourth-order valence-electron chi connectivity index (χ4n) is 1.01. The third-order valence-electron chi connectivity index (χ3n) is 1.68. The topological polar surface area (TPSA) is 50.2 Å². The van der Waals surface area contributed by atoms with E-state index in [1.54, 1.807) is 0 Å². The molecule has 0 amide bonds. The second-order valence-corrected chi connectivity index (χ2v) is 3.00. The Bertz CT molecular complexity index is 382. The van der Waals surface area contributed by atoms with E-state index in [2.05, 4.69) is 4.98 Å². The van der Waals surface area contributed by atoms with Gasteiger partial charge in [0.15, 0.2) is 5.69 Å². The van der Waals surface area contributed by atoms with Crippen LogP contribution in [-0.4, -0.2) is 16.1 Å². The van der Waals surface area contributed by atoms with Crippen LogP contribution in [0.2, 0.25) is 5.02 Å². The summed E-state index contributed by atoms with van der Waals surface area (Å²) in [6, 6.07) is 0. The molecule has 0 aliphatic rings. The molecule has 1 heterocycles. The van der Waals surface area contributed by atoms with Gasteiger partial charge in [-0.2, -0.15) is 0 Å². The van der Waals surface area contributed by atoms with Gasteiger partial charge in [-0.15, -0.1) is 0 Å². The zero-order valence-corrected chi connectivity index (χ0v) is 7.85. The molecule has 14 heavy (non-hydrogen) atoms. The van der Waals surface area contributed by atoms with Crippen LogP contribution in [0.4, 0.5) is 8.78 Å². The van der Waals surface area contributed by atoms with Crippen LogP contribution in [0.15, 0.2) is 6.20 Å². The van der Waals surface area contributed by atoms with Gasteiger partial charge in [0.1, 0.15) is 0 Å². The third-order valence-corrected chi connectivity index (χ3v) is 2.06. The molecule has 0 saturated heterocycles. The average Bonchev–Trinajstić information content (AvgIpc) is 2.02. The first-order valence-electron chi connectivity index (χ1n) is 3.61. The van der Waals surface area contributed by atoms with Gasteiger partial charge < -0.3 is 5.11 Å². The number of nitrogens with zero attached hydrogens (tertiary/aromatic N) is 1. The largest absolute Gasteiger partial charge is 0.476 e. The second-order valence-electron chi connectivity index (χ2n) is 2.62. The van der Waals surface area contributed by atoms with Crippen molar-refractivity contribution in [1.82, 2.24) is 4.98 Å². The Morgan fingerprint density at radius 2 is 2.21 bits per heavy atom. The summed E-state index contributed by atoms with van der Waals surface area (Å²) < 4.78 is 24.9. The Morgan fingerprint density at radius 1 is 1.64 bits per heavy atom. The van der Waals surface area contributed by atoms with Crippen molar-refractivity contribution in [2.24, 2.45) is 0 Å². The van der Waals surface area contributed by atoms with E-state index in [1.807, 2.05) is 0 Å². The molecule has 0 atom stereocenters. The molecule has 0 radical (unpaired) electrons. The Balaban J connectivity index is 3.41. The summed E-state index contributed by atoms with van der Waals surface area (Å²) >= 11 is 5.48. The Kier molecular flexibility index (Phi) is 3.00. The molecule has 0 bridgehead atoms. The predicted molar refractivity (Wildman–Crippen MR) is 45.9 cm³/mol. The summed E-state index contributed by atoms with van der Waals surface area (Å²) in [5, 5.41) is 8.08. The van der Waals surface area contributed by atoms with Crippen molar-refractivity contribution in [1.29, 1.82) is 0 Å². The molecular weight excluding hydrogens is 216 g/mol. The van der Waals surface area contributed by atoms with Crippen LogP contribution < -0.4 is 0 Å². The first kappa shape index (κ1) is 10.8. The summed E-state index contributed by atoms with van der Waals surface area (Å²) in [5.74, 6) is -1.42. The van der Waals surface area contributed by atoms with Gasteiger partial charge in [-0.05, 0) is 12.5 Å². The molecule has 0 saturated carbocycles. The van der Waals surface area contributed by atoms with E-state index in [0.29, 0.717) is 0 Å². The monoisotopic (exact) mass is 221 g/mol. The number of aromatic carboxylic acids is 1. The lowest BCUT2D eigenvalue weighted by atomic mass is 10.1. The summed E-state index contributed by atoms with van der Waals surface area (Å²) in [5.41, 5.74) is -0.846. The molecule has 3 nitrogen and oxygen atoms in total. The summed E-state index contributed by atoms with van der Waals surface area (Å²) in [7, 11) is 0. The van der Waals surface area contributed by atoms with Crippen molar-refractivity contribution in [2.45, 2.75) is 13.3 Å². The summed E-state index contributed by atoms with van der Waals surface area (Å²) in [6.45, 7) is 1.39. The minimum atomic E-state index is -2.80. The Morgan fingerprint density at radius 3 is 2.64 bits per heavy atom. The Hall–Kier alpha value is -1.23. The molecule has 1 N–H and O–H groups in total. The molecule has 0 aliphatic carbocycles. The molecule has 6 heteroatoms. The number of carboxylic acid groups (broad SMARTS) is 1. The number of halogens is 3. The highest BCUT2D eigenvalue weighted by Gasteiger charge is 2.21. The number of carbonyl (C=O) groups is 1. The lowest BCUT2D eigenvalue weighted by Gasteiger charge is -2.08. The van der Waals surface area contributed by atoms with Crippen LogP contribution >= 0.6 is 11.6 Å². The number of rotatable bonds is 2. The molecule has 1 rings (SSSR count). The maximum atomic E-state index is 12.4. The molecular formula is C8H6ClF2NO2. The van der Waals surface area contributed by atoms with Crippen LogP contribution in [0, 0.1) is 6.92 Å². The second kappa shape index (κ2) is 3.88. The van der Waals surface area contributed by atoms with E-state index in [0.717, 1.165) is 6.20 Å². The van der Waals surface area contributed by atoms with Gasteiger partial charge in [0.2, 0.25) is 0 Å². The standard InChI is InChI=1S/C8H6ClF2NO2/c1-3-2-12-6(8(13)14)5(9)4(3)7(10)11/h2,7H,1H3,(H,13,14). The van der Waals surface area contributed by atoms with E-state index >= 15 is 0 Å². The van der Waals surface area contributed by atoms with E-state index < -0.39 is 28.7 Å². The first-order chi connectivity index (χ1) is 6.45. The van der Waals surface area contributed by atoms with Crippen LogP contribution in [0.5, 0.6) is 0 Å². The van der Waals surface area contributed by atoms with Crippen LogP contribution in [0.3, 0.4) is 0 Å². The van der Waals surface area contributed by atoms with Crippen molar-refractivity contribution in [2.75, 3.05) is 0 Å². The van der Waals surface area contributed by atoms with Gasteiger partial charge in [-0.3, -0.25) is 0 Å². The third kappa shape index (κ3) is 1.82. The van der Waals surface area contributed by atoms with Crippen molar-refractivity contribution in [3.05, 3.63) is 28.0 Å². The number of hydrogen-bond acceptors (Lipinski definition) is 2. The van der Waals surface area contributed by atoms with Gasteiger partial charge >= 0.3 is 5.97 Å². The normalized spacial score (nSPS) is 10.6. The van der Waals surface area contributed by atoms with Crippen molar-refractivity contribution < 1.29 is 18.7 Å². The highest BCUT2D eigenvalue weighted by molar-refractivity contribution is 6.34. The summed E-state index contributed by atoms with van der Waals surface area (Å²) in [4.78, 5) is 14.0. The molecule has 1 aromatic heterocycles. The van der Waals surface area contributed by atoms with Crippen LogP contribution in [-0.2, 0) is 0 Å². The lowest BCUT2D eigenvalue weighted by Crippen LogP contribution is -2.05. The van der Waals surface area contributed by atoms with Gasteiger partial charge in [-0.25, -0.2) is 18.6 Å². The zero-order valence-electron chi connectivity index (χ0n) is 7.09. The van der Waals surface area contributed by atoms with E-state index in [4.69, 9.17) is 16.7 Å². The zero-order chi connectivity index (χ0) is 10.9. The molecule has 0 aliphatic heterocycles. The quantitative estimate of drug-likeness (QED) is 0.835. The molecule has 0 spiro atoms. The molecule has 1 aromatic rings. The van der Waals surface area contributed by atoms with Crippen molar-refractivity contribution in [3.8, 4) is 0 Å². The maximum Gasteiger partial charge on any atom is 0.356 e. The minimum Gasteiger partial charge on any atom is -0.476 e. The molecule has 0 fully saturated rings. The van der Waals surface area contributed by atoms with E-state index in [1.165, 1.54) is 6.92 Å². The van der Waals surface area contributed by atoms with Crippen LogP contribution in [0.25, 0.3) is 0 Å². The number of pyridine rings is 1. The highest BCUT2D eigenvalue weighted by atomic mass is 35.5. The van der Waals surface area contributed by atoms with Gasteiger partial charge in [0, 0.05) is 11.8 Å². The fraction of sp³-hybridized carbons (Fsp3) is 0.250. The number of carboxylic acids is 1. The average molecular weight is 222 g/mol. The van der Waals surface area contributed by atoms with Gasteiger partial charge in [0.25, 0.3) is 6.43 Å². The van der Waals surface area contributed by atoms with Gasteiger partial charge in [0.05, 0.1) is 5.02 Å². The van der Waals surface area contributed by atoms with Crippen LogP contribution in [0.1, 0.15) is 28.0 Å².